The molecule has 2 rings (SSSR count). The molecule has 6 heteroatoms. The summed E-state index contributed by atoms with van der Waals surface area (Å²) in [6, 6.07) is 0. The van der Waals surface area contributed by atoms with E-state index < -0.39 is 5.97 Å². The number of nitrogens with one attached hydrogen (secondary N) is 1. The van der Waals surface area contributed by atoms with Gasteiger partial charge in [0.1, 0.15) is 0 Å². The van der Waals surface area contributed by atoms with E-state index in [9.17, 15) is 14.4 Å². The van der Waals surface area contributed by atoms with Crippen LogP contribution in [0.5, 0.6) is 0 Å². The largest absolute Gasteiger partial charge is 0.481 e. The number of hydrogen-bond acceptors (Lipinski definition) is 3. The molecule has 23 heavy (non-hydrogen) atoms. The minimum absolute atomic E-state index is 0.0234. The fourth-order valence-electron chi connectivity index (χ4n) is 3.69. The van der Waals surface area contributed by atoms with Gasteiger partial charge in [0.05, 0.1) is 6.54 Å². The van der Waals surface area contributed by atoms with Crippen LogP contribution in [-0.4, -0.2) is 47.4 Å². The van der Waals surface area contributed by atoms with Crippen LogP contribution in [0.4, 0.5) is 0 Å². The Balaban J connectivity index is 1.67. The normalized spacial score (nSPS) is 22.1. The Labute approximate surface area is 137 Å². The maximum atomic E-state index is 12.2. The van der Waals surface area contributed by atoms with Gasteiger partial charge in [-0.15, -0.1) is 0 Å². The summed E-state index contributed by atoms with van der Waals surface area (Å²) in [5.74, 6) is -0.111. The average Bonchev–Trinajstić information content (AvgIpc) is 3.03. The summed E-state index contributed by atoms with van der Waals surface area (Å²) in [7, 11) is 0. The highest BCUT2D eigenvalue weighted by molar-refractivity contribution is 5.84. The van der Waals surface area contributed by atoms with Crippen molar-refractivity contribution in [1.82, 2.24) is 10.2 Å². The molecule has 0 spiro atoms. The van der Waals surface area contributed by atoms with Gasteiger partial charge in [0.2, 0.25) is 11.8 Å². The summed E-state index contributed by atoms with van der Waals surface area (Å²) < 4.78 is 0. The van der Waals surface area contributed by atoms with Gasteiger partial charge >= 0.3 is 5.97 Å². The van der Waals surface area contributed by atoms with E-state index in [2.05, 4.69) is 5.32 Å². The second-order valence-corrected chi connectivity index (χ2v) is 6.91. The van der Waals surface area contributed by atoms with Gasteiger partial charge in [-0.2, -0.15) is 0 Å². The summed E-state index contributed by atoms with van der Waals surface area (Å²) >= 11 is 0. The zero-order valence-electron chi connectivity index (χ0n) is 13.8. The highest BCUT2D eigenvalue weighted by atomic mass is 16.4. The van der Waals surface area contributed by atoms with Gasteiger partial charge in [-0.05, 0) is 43.9 Å². The van der Waals surface area contributed by atoms with E-state index in [1.165, 1.54) is 12.8 Å². The second kappa shape index (κ2) is 8.89. The molecule has 0 radical (unpaired) electrons. The Morgan fingerprint density at radius 3 is 2.43 bits per heavy atom. The quantitative estimate of drug-likeness (QED) is 0.747. The Morgan fingerprint density at radius 1 is 1.04 bits per heavy atom. The average molecular weight is 324 g/mol. The first-order valence-electron chi connectivity index (χ1n) is 8.81. The van der Waals surface area contributed by atoms with Crippen LogP contribution >= 0.6 is 0 Å². The molecule has 2 aliphatic rings. The zero-order valence-corrected chi connectivity index (χ0v) is 13.8. The number of piperidine rings is 1. The summed E-state index contributed by atoms with van der Waals surface area (Å²) in [5, 5.41) is 11.5. The molecule has 1 heterocycles. The van der Waals surface area contributed by atoms with E-state index in [1.54, 1.807) is 4.90 Å². The molecule has 0 aromatic rings. The van der Waals surface area contributed by atoms with Crippen molar-refractivity contribution in [2.75, 3.05) is 19.6 Å². The van der Waals surface area contributed by atoms with Crippen LogP contribution in [0.1, 0.15) is 57.8 Å². The number of rotatable bonds is 7. The van der Waals surface area contributed by atoms with Gasteiger partial charge in [0, 0.05) is 25.9 Å². The molecule has 1 atom stereocenters. The molecule has 1 aliphatic carbocycles. The number of likely N-dealkylation sites (tertiary alicyclic amines) is 1. The van der Waals surface area contributed by atoms with Crippen molar-refractivity contribution in [2.24, 2.45) is 11.8 Å². The lowest BCUT2D eigenvalue weighted by atomic mass is 9.93. The summed E-state index contributed by atoms with van der Waals surface area (Å²) in [5.41, 5.74) is 0. The molecule has 2 fully saturated rings. The molecule has 1 unspecified atom stereocenters. The van der Waals surface area contributed by atoms with Gasteiger partial charge in [0.25, 0.3) is 0 Å². The Bertz CT molecular complexity index is 432. The van der Waals surface area contributed by atoms with Crippen LogP contribution in [-0.2, 0) is 14.4 Å². The third kappa shape index (κ3) is 6.20. The first-order valence-corrected chi connectivity index (χ1v) is 8.81. The van der Waals surface area contributed by atoms with E-state index in [0.717, 1.165) is 25.7 Å². The van der Waals surface area contributed by atoms with Crippen LogP contribution in [0.25, 0.3) is 0 Å². The molecule has 2 N–H and O–H groups in total. The van der Waals surface area contributed by atoms with Gasteiger partial charge in [-0.1, -0.05) is 12.8 Å². The maximum Gasteiger partial charge on any atom is 0.303 e. The smallest absolute Gasteiger partial charge is 0.303 e. The van der Waals surface area contributed by atoms with Crippen molar-refractivity contribution >= 4 is 17.8 Å². The third-order valence-electron chi connectivity index (χ3n) is 5.02. The van der Waals surface area contributed by atoms with E-state index in [0.29, 0.717) is 31.8 Å². The predicted octanol–water partition coefficient (Wildman–Crippen LogP) is 1.79. The molecule has 1 saturated carbocycles. The summed E-state index contributed by atoms with van der Waals surface area (Å²) in [6.45, 7) is 1.39. The molecular weight excluding hydrogens is 296 g/mol. The molecule has 1 saturated heterocycles. The van der Waals surface area contributed by atoms with Crippen molar-refractivity contribution < 1.29 is 19.5 Å². The topological polar surface area (TPSA) is 86.7 Å². The number of carboxylic acids is 1. The maximum absolute atomic E-state index is 12.2. The number of amides is 2. The molecule has 130 valence electrons. The van der Waals surface area contributed by atoms with Crippen molar-refractivity contribution in [1.29, 1.82) is 0 Å². The first-order chi connectivity index (χ1) is 11.0. The number of carboxylic acid groups (broad SMARTS) is 1. The Kier molecular flexibility index (Phi) is 6.86. The number of hydrogen-bond donors (Lipinski definition) is 2. The van der Waals surface area contributed by atoms with Gasteiger partial charge in [0.15, 0.2) is 0 Å². The lowest BCUT2D eigenvalue weighted by molar-refractivity contribution is -0.137. The van der Waals surface area contributed by atoms with Crippen LogP contribution in [0, 0.1) is 11.8 Å². The minimum atomic E-state index is -0.785. The number of carbonyl (C=O) groups excluding carboxylic acids is 2. The molecule has 0 bridgehead atoms. The molecule has 1 aliphatic heterocycles. The van der Waals surface area contributed by atoms with Crippen molar-refractivity contribution in [3.8, 4) is 0 Å². The predicted molar refractivity (Wildman–Crippen MR) is 85.8 cm³/mol. The summed E-state index contributed by atoms with van der Waals surface area (Å²) in [6.07, 6.45) is 7.87. The van der Waals surface area contributed by atoms with Crippen LogP contribution in [0.15, 0.2) is 0 Å². The molecular formula is C17H28N2O4. The third-order valence-corrected chi connectivity index (χ3v) is 5.02. The minimum Gasteiger partial charge on any atom is -0.481 e. The van der Waals surface area contributed by atoms with Gasteiger partial charge in [-0.25, -0.2) is 0 Å². The van der Waals surface area contributed by atoms with Crippen LogP contribution < -0.4 is 5.32 Å². The zero-order chi connectivity index (χ0) is 16.7. The monoisotopic (exact) mass is 324 g/mol. The lowest BCUT2D eigenvalue weighted by Crippen LogP contribution is -2.45. The number of nitrogens with zero attached hydrogens (tertiary/aromatic N) is 1. The second-order valence-electron chi connectivity index (χ2n) is 6.91. The fourth-order valence-corrected chi connectivity index (χ4v) is 3.69. The SMILES string of the molecule is O=C(O)CCC1CCCN(C(=O)CNC(=O)CC2CCCC2)C1. The molecule has 6 nitrogen and oxygen atoms in total. The van der Waals surface area contributed by atoms with Gasteiger partial charge < -0.3 is 15.3 Å². The van der Waals surface area contributed by atoms with Crippen molar-refractivity contribution in [3.63, 3.8) is 0 Å². The van der Waals surface area contributed by atoms with E-state index in [-0.39, 0.29) is 30.7 Å². The Hall–Kier alpha value is -1.59. The van der Waals surface area contributed by atoms with Gasteiger partial charge in [-0.3, -0.25) is 14.4 Å². The Morgan fingerprint density at radius 2 is 1.74 bits per heavy atom. The molecule has 0 aromatic carbocycles. The fraction of sp³-hybridized carbons (Fsp3) is 0.824. The van der Waals surface area contributed by atoms with E-state index >= 15 is 0 Å². The van der Waals surface area contributed by atoms with Crippen molar-refractivity contribution in [3.05, 3.63) is 0 Å². The van der Waals surface area contributed by atoms with E-state index in [4.69, 9.17) is 5.11 Å². The standard InChI is InChI=1S/C17H28N2O4/c20-15(10-13-4-1-2-5-13)18-11-16(21)19-9-3-6-14(12-19)7-8-17(22)23/h13-14H,1-12H2,(H,18,20)(H,22,23). The number of aliphatic carboxylic acids is 1. The summed E-state index contributed by atoms with van der Waals surface area (Å²) in [4.78, 5) is 36.5. The lowest BCUT2D eigenvalue weighted by Gasteiger charge is -2.32. The van der Waals surface area contributed by atoms with E-state index in [1.807, 2.05) is 0 Å². The van der Waals surface area contributed by atoms with Crippen molar-refractivity contribution in [2.45, 2.75) is 57.8 Å². The number of carbonyl (C=O) groups is 3. The molecule has 2 amide bonds. The van der Waals surface area contributed by atoms with Crippen LogP contribution in [0.3, 0.4) is 0 Å². The highest BCUT2D eigenvalue weighted by Gasteiger charge is 2.24. The highest BCUT2D eigenvalue weighted by Crippen LogP contribution is 2.27. The van der Waals surface area contributed by atoms with Crippen LogP contribution in [0.2, 0.25) is 0 Å². The molecule has 0 aromatic heterocycles. The first kappa shape index (κ1) is 17.8.